The van der Waals surface area contributed by atoms with E-state index in [9.17, 15) is 4.79 Å². The second kappa shape index (κ2) is 5.80. The van der Waals surface area contributed by atoms with Gasteiger partial charge in [0.05, 0.1) is 5.69 Å². The quantitative estimate of drug-likeness (QED) is 0.605. The van der Waals surface area contributed by atoms with Crippen molar-refractivity contribution in [2.24, 2.45) is 0 Å². The molecule has 0 fully saturated rings. The molecule has 1 amide bonds. The van der Waals surface area contributed by atoms with Gasteiger partial charge < -0.3 is 9.88 Å². The van der Waals surface area contributed by atoms with E-state index in [2.05, 4.69) is 32.6 Å². The summed E-state index contributed by atoms with van der Waals surface area (Å²) in [5, 5.41) is 12.4. The second-order valence-corrected chi connectivity index (χ2v) is 6.41. The Kier molecular flexibility index (Phi) is 3.31. The van der Waals surface area contributed by atoms with Crippen LogP contribution in [0.5, 0.6) is 0 Å². The van der Waals surface area contributed by atoms with Crippen molar-refractivity contribution in [1.29, 1.82) is 0 Å². The van der Waals surface area contributed by atoms with Crippen molar-refractivity contribution in [3.63, 3.8) is 0 Å². The van der Waals surface area contributed by atoms with E-state index in [1.165, 1.54) is 23.0 Å². The van der Waals surface area contributed by atoms with Crippen molar-refractivity contribution in [3.8, 4) is 5.69 Å². The molecule has 0 spiro atoms. The number of fused-ring (bicyclic) bond motifs is 3. The summed E-state index contributed by atoms with van der Waals surface area (Å²) >= 11 is 0. The minimum Gasteiger partial charge on any atom is -0.358 e. The molecule has 5 rings (SSSR count). The number of tetrazole rings is 1. The maximum atomic E-state index is 13.0. The molecule has 1 N–H and O–H groups in total. The lowest BCUT2D eigenvalue weighted by molar-refractivity contribution is 0.0735. The fraction of sp³-hybridized carbons (Fsp3) is 0.158. The minimum absolute atomic E-state index is 0.0239. The van der Waals surface area contributed by atoms with Crippen LogP contribution in [0.1, 0.15) is 21.6 Å². The van der Waals surface area contributed by atoms with Gasteiger partial charge in [0.15, 0.2) is 0 Å². The molecular weight excluding hydrogens is 328 g/mol. The van der Waals surface area contributed by atoms with Crippen LogP contribution >= 0.6 is 0 Å². The Balaban J connectivity index is 1.46. The number of nitrogens with zero attached hydrogens (tertiary/aromatic N) is 5. The molecule has 4 aromatic rings. The fourth-order valence-corrected chi connectivity index (χ4v) is 3.58. The first-order valence-corrected chi connectivity index (χ1v) is 8.51. The first-order chi connectivity index (χ1) is 12.8. The van der Waals surface area contributed by atoms with Crippen LogP contribution in [0.15, 0.2) is 54.9 Å². The number of amides is 1. The van der Waals surface area contributed by atoms with E-state index in [4.69, 9.17) is 0 Å². The highest BCUT2D eigenvalue weighted by atomic mass is 16.2. The summed E-state index contributed by atoms with van der Waals surface area (Å²) in [6.45, 7) is 1.32. The maximum Gasteiger partial charge on any atom is 0.254 e. The van der Waals surface area contributed by atoms with E-state index >= 15 is 0 Å². The average molecular weight is 344 g/mol. The number of carbonyl (C=O) groups excluding carboxylic acids is 1. The van der Waals surface area contributed by atoms with Gasteiger partial charge in [-0.15, -0.1) is 5.10 Å². The van der Waals surface area contributed by atoms with Gasteiger partial charge in [-0.25, -0.2) is 4.68 Å². The van der Waals surface area contributed by atoms with Crippen LogP contribution in [0.4, 0.5) is 0 Å². The topological polar surface area (TPSA) is 79.7 Å². The molecule has 26 heavy (non-hydrogen) atoms. The zero-order valence-electron chi connectivity index (χ0n) is 14.0. The van der Waals surface area contributed by atoms with Crippen molar-refractivity contribution in [2.75, 3.05) is 6.54 Å². The van der Waals surface area contributed by atoms with Crippen molar-refractivity contribution >= 4 is 16.8 Å². The highest BCUT2D eigenvalue weighted by Crippen LogP contribution is 2.28. The molecule has 3 heterocycles. The zero-order chi connectivity index (χ0) is 17.5. The van der Waals surface area contributed by atoms with Crippen molar-refractivity contribution in [2.45, 2.75) is 13.0 Å². The van der Waals surface area contributed by atoms with Gasteiger partial charge in [-0.1, -0.05) is 24.3 Å². The molecule has 0 bridgehead atoms. The van der Waals surface area contributed by atoms with Gasteiger partial charge in [-0.3, -0.25) is 4.79 Å². The van der Waals surface area contributed by atoms with Crippen molar-refractivity contribution in [3.05, 3.63) is 71.7 Å². The summed E-state index contributed by atoms with van der Waals surface area (Å²) in [6, 6.07) is 15.6. The first-order valence-electron chi connectivity index (χ1n) is 8.51. The Bertz CT molecular complexity index is 1100. The summed E-state index contributed by atoms with van der Waals surface area (Å²) in [7, 11) is 0. The molecule has 2 aromatic carbocycles. The number of H-pyrrole nitrogens is 1. The van der Waals surface area contributed by atoms with Gasteiger partial charge in [0, 0.05) is 47.2 Å². The summed E-state index contributed by atoms with van der Waals surface area (Å²) in [4.78, 5) is 18.4. The smallest absolute Gasteiger partial charge is 0.254 e. The van der Waals surface area contributed by atoms with Crippen LogP contribution in [0.25, 0.3) is 16.6 Å². The predicted octanol–water partition coefficient (Wildman–Crippen LogP) is 2.34. The largest absolute Gasteiger partial charge is 0.358 e. The highest BCUT2D eigenvalue weighted by molar-refractivity contribution is 5.95. The number of aromatic nitrogens is 5. The van der Waals surface area contributed by atoms with Gasteiger partial charge >= 0.3 is 0 Å². The van der Waals surface area contributed by atoms with E-state index in [0.29, 0.717) is 18.7 Å². The van der Waals surface area contributed by atoms with Gasteiger partial charge in [0.2, 0.25) is 0 Å². The molecule has 0 aliphatic carbocycles. The molecule has 7 nitrogen and oxygen atoms in total. The minimum atomic E-state index is 0.0239. The summed E-state index contributed by atoms with van der Waals surface area (Å²) in [5.41, 5.74) is 4.99. The normalized spacial score (nSPS) is 13.8. The molecule has 0 saturated carbocycles. The summed E-state index contributed by atoms with van der Waals surface area (Å²) in [5.74, 6) is 0.0239. The fourth-order valence-electron chi connectivity index (χ4n) is 3.58. The van der Waals surface area contributed by atoms with Crippen LogP contribution in [0, 0.1) is 0 Å². The number of para-hydroxylation sites is 1. The number of nitrogens with one attached hydrogen (secondary N) is 1. The first kappa shape index (κ1) is 14.8. The Morgan fingerprint density at radius 3 is 2.92 bits per heavy atom. The van der Waals surface area contributed by atoms with E-state index in [0.717, 1.165) is 17.6 Å². The number of hydrogen-bond acceptors (Lipinski definition) is 4. The number of aromatic amines is 1. The molecule has 0 atom stereocenters. The monoisotopic (exact) mass is 344 g/mol. The maximum absolute atomic E-state index is 13.0. The SMILES string of the molecule is O=C(c1cccc(-n2cnnn2)c1)N1CCc2[nH]c3ccccc3c2C1. The molecule has 0 radical (unpaired) electrons. The summed E-state index contributed by atoms with van der Waals surface area (Å²) in [6.07, 6.45) is 2.35. The number of rotatable bonds is 2. The van der Waals surface area contributed by atoms with Gasteiger partial charge in [0.25, 0.3) is 5.91 Å². The molecule has 0 saturated heterocycles. The van der Waals surface area contributed by atoms with E-state index in [1.807, 2.05) is 41.3 Å². The van der Waals surface area contributed by atoms with Gasteiger partial charge in [0.1, 0.15) is 6.33 Å². The zero-order valence-corrected chi connectivity index (χ0v) is 14.0. The lowest BCUT2D eigenvalue weighted by Gasteiger charge is -2.27. The number of carbonyl (C=O) groups is 1. The van der Waals surface area contributed by atoms with Crippen LogP contribution in [-0.2, 0) is 13.0 Å². The Morgan fingerprint density at radius 2 is 2.04 bits per heavy atom. The molecule has 1 aliphatic rings. The van der Waals surface area contributed by atoms with E-state index < -0.39 is 0 Å². The van der Waals surface area contributed by atoms with Crippen LogP contribution in [0.3, 0.4) is 0 Å². The second-order valence-electron chi connectivity index (χ2n) is 6.41. The van der Waals surface area contributed by atoms with E-state index in [-0.39, 0.29) is 5.91 Å². The van der Waals surface area contributed by atoms with Crippen molar-refractivity contribution < 1.29 is 4.79 Å². The van der Waals surface area contributed by atoms with E-state index in [1.54, 1.807) is 4.68 Å². The Morgan fingerprint density at radius 1 is 1.12 bits per heavy atom. The molecule has 0 unspecified atom stereocenters. The van der Waals surface area contributed by atoms with Gasteiger partial charge in [-0.2, -0.15) is 0 Å². The van der Waals surface area contributed by atoms with Gasteiger partial charge in [-0.05, 0) is 34.7 Å². The summed E-state index contributed by atoms with van der Waals surface area (Å²) < 4.78 is 1.55. The predicted molar refractivity (Wildman–Crippen MR) is 95.9 cm³/mol. The number of hydrogen-bond donors (Lipinski definition) is 1. The third-order valence-corrected chi connectivity index (χ3v) is 4.88. The highest BCUT2D eigenvalue weighted by Gasteiger charge is 2.24. The lowest BCUT2D eigenvalue weighted by atomic mass is 10.0. The molecular formula is C19H16N6O. The third-order valence-electron chi connectivity index (χ3n) is 4.88. The molecule has 1 aliphatic heterocycles. The molecule has 2 aromatic heterocycles. The standard InChI is InChI=1S/C19H16N6O/c26-19(13-4-3-5-14(10-13)25-12-20-22-23-25)24-9-8-18-16(11-24)15-6-1-2-7-17(15)21-18/h1-7,10,12,21H,8-9,11H2. The third kappa shape index (κ3) is 2.36. The Labute approximate surface area is 149 Å². The Hall–Kier alpha value is -3.48. The van der Waals surface area contributed by atoms with Crippen LogP contribution < -0.4 is 0 Å². The average Bonchev–Trinajstić information content (AvgIpc) is 3.35. The molecule has 7 heteroatoms. The van der Waals surface area contributed by atoms with Crippen LogP contribution in [0.2, 0.25) is 0 Å². The van der Waals surface area contributed by atoms with Crippen molar-refractivity contribution in [1.82, 2.24) is 30.1 Å². The van der Waals surface area contributed by atoms with Crippen LogP contribution in [-0.4, -0.2) is 42.5 Å². The number of benzene rings is 2. The lowest BCUT2D eigenvalue weighted by Crippen LogP contribution is -2.35. The molecule has 128 valence electrons.